The summed E-state index contributed by atoms with van der Waals surface area (Å²) in [5.74, 6) is 0.662. The number of ether oxygens (including phenoxy) is 1. The van der Waals surface area contributed by atoms with Crippen molar-refractivity contribution < 1.29 is 9.53 Å². The minimum atomic E-state index is -0.862. The Hall–Kier alpha value is -6.19. The van der Waals surface area contributed by atoms with Crippen LogP contribution in [0.3, 0.4) is 0 Å². The summed E-state index contributed by atoms with van der Waals surface area (Å²) in [6.07, 6.45) is 19.0. The third-order valence-corrected chi connectivity index (χ3v) is 11.9. The molecular formula is C46H43N7O2. The lowest BCUT2D eigenvalue weighted by Crippen LogP contribution is -2.56. The van der Waals surface area contributed by atoms with Crippen molar-refractivity contribution in [1.29, 1.82) is 0 Å². The molecule has 9 nitrogen and oxygen atoms in total. The predicted molar refractivity (Wildman–Crippen MR) is 216 cm³/mol. The van der Waals surface area contributed by atoms with Gasteiger partial charge in [-0.1, -0.05) is 127 Å². The van der Waals surface area contributed by atoms with Gasteiger partial charge in [0.1, 0.15) is 17.6 Å². The second-order valence-corrected chi connectivity index (χ2v) is 14.7. The maximum Gasteiger partial charge on any atom is 0.207 e. The van der Waals surface area contributed by atoms with Crippen molar-refractivity contribution in [1.82, 2.24) is 30.3 Å². The number of rotatable bonds is 11. The molecule has 0 radical (unpaired) electrons. The number of aromatic nitrogens is 5. The van der Waals surface area contributed by atoms with E-state index in [2.05, 4.69) is 159 Å². The Kier molecular flexibility index (Phi) is 9.15. The number of benzene rings is 4. The van der Waals surface area contributed by atoms with Crippen molar-refractivity contribution in [2.24, 2.45) is 15.8 Å². The van der Waals surface area contributed by atoms with Crippen LogP contribution in [0.15, 0.2) is 151 Å². The average molecular weight is 726 g/mol. The van der Waals surface area contributed by atoms with Crippen LogP contribution < -0.4 is 5.32 Å². The molecule has 0 spiro atoms. The van der Waals surface area contributed by atoms with E-state index in [9.17, 15) is 4.79 Å². The maximum absolute atomic E-state index is 11.9. The summed E-state index contributed by atoms with van der Waals surface area (Å²) in [5, 5.41) is 17.2. The first-order valence-corrected chi connectivity index (χ1v) is 19.1. The number of fused-ring (bicyclic) bond motifs is 1. The zero-order valence-electron chi connectivity index (χ0n) is 30.6. The van der Waals surface area contributed by atoms with E-state index in [-0.39, 0.29) is 6.10 Å². The average Bonchev–Trinajstić information content (AvgIpc) is 3.95. The van der Waals surface area contributed by atoms with Crippen LogP contribution in [0.4, 0.5) is 0 Å². The van der Waals surface area contributed by atoms with E-state index in [4.69, 9.17) is 14.8 Å². The monoisotopic (exact) mass is 725 g/mol. The van der Waals surface area contributed by atoms with Crippen molar-refractivity contribution in [3.05, 3.63) is 168 Å². The van der Waals surface area contributed by atoms with Crippen LogP contribution >= 0.6 is 0 Å². The molecule has 1 fully saturated rings. The van der Waals surface area contributed by atoms with E-state index in [1.165, 1.54) is 0 Å². The normalized spacial score (nSPS) is 22.4. The third-order valence-electron chi connectivity index (χ3n) is 11.9. The second kappa shape index (κ2) is 14.6. The molecule has 3 unspecified atom stereocenters. The van der Waals surface area contributed by atoms with Gasteiger partial charge in [-0.15, -0.1) is 0 Å². The maximum atomic E-state index is 11.9. The molecule has 55 heavy (non-hydrogen) atoms. The van der Waals surface area contributed by atoms with Gasteiger partial charge in [-0.25, -0.2) is 9.67 Å². The number of aromatic amines is 1. The van der Waals surface area contributed by atoms with Crippen molar-refractivity contribution in [3.8, 4) is 11.4 Å². The zero-order valence-corrected chi connectivity index (χ0v) is 30.6. The molecule has 1 aliphatic carbocycles. The van der Waals surface area contributed by atoms with Gasteiger partial charge in [0.2, 0.25) is 6.41 Å². The number of carbonyl (C=O) groups excluding carboxylic acids is 1. The first kappa shape index (κ1) is 34.6. The Morgan fingerprint density at radius 3 is 2.24 bits per heavy atom. The van der Waals surface area contributed by atoms with Crippen LogP contribution in [-0.4, -0.2) is 63.4 Å². The topological polar surface area (TPSA) is 110 Å². The minimum absolute atomic E-state index is 0.0910. The van der Waals surface area contributed by atoms with Crippen LogP contribution in [0.1, 0.15) is 48.1 Å². The Morgan fingerprint density at radius 1 is 0.909 bits per heavy atom. The summed E-state index contributed by atoms with van der Waals surface area (Å²) in [5.41, 5.74) is 4.96. The summed E-state index contributed by atoms with van der Waals surface area (Å²) in [4.78, 5) is 21.4. The molecule has 274 valence electrons. The van der Waals surface area contributed by atoms with Gasteiger partial charge in [-0.3, -0.25) is 14.9 Å². The van der Waals surface area contributed by atoms with Crippen molar-refractivity contribution in [3.63, 3.8) is 0 Å². The van der Waals surface area contributed by atoms with E-state index in [1.807, 2.05) is 12.3 Å². The molecule has 2 N–H and O–H groups in total. The largest absolute Gasteiger partial charge is 0.377 e. The van der Waals surface area contributed by atoms with Crippen LogP contribution in [-0.2, 0) is 15.1 Å². The Morgan fingerprint density at radius 2 is 1.64 bits per heavy atom. The summed E-state index contributed by atoms with van der Waals surface area (Å²) >= 11 is 0. The van der Waals surface area contributed by atoms with E-state index >= 15 is 0 Å². The minimum Gasteiger partial charge on any atom is -0.377 e. The number of hydrogen-bond acceptors (Lipinski definition) is 6. The lowest BCUT2D eigenvalue weighted by Gasteiger charge is -2.53. The smallest absolute Gasteiger partial charge is 0.207 e. The quantitative estimate of drug-likeness (QED) is 0.104. The van der Waals surface area contributed by atoms with Gasteiger partial charge in [0, 0.05) is 41.1 Å². The van der Waals surface area contributed by atoms with Crippen molar-refractivity contribution in [2.75, 3.05) is 19.7 Å². The summed E-state index contributed by atoms with van der Waals surface area (Å²) < 4.78 is 8.95. The fraction of sp³-hybridized carbons (Fsp3) is 0.239. The molecule has 2 aromatic heterocycles. The number of H-pyrrole nitrogens is 1. The molecule has 2 aliphatic heterocycles. The van der Waals surface area contributed by atoms with Crippen LogP contribution in [0.2, 0.25) is 0 Å². The number of aliphatic imine (C=N–C) groups is 1. The Bertz CT molecular complexity index is 2300. The van der Waals surface area contributed by atoms with Crippen LogP contribution in [0.5, 0.6) is 0 Å². The number of amides is 1. The van der Waals surface area contributed by atoms with E-state index < -0.39 is 16.4 Å². The molecule has 1 amide bonds. The lowest BCUT2D eigenvalue weighted by atomic mass is 9.55. The van der Waals surface area contributed by atoms with Gasteiger partial charge in [-0.05, 0) is 60.1 Å². The predicted octanol–water partition coefficient (Wildman–Crippen LogP) is 7.93. The third kappa shape index (κ3) is 5.69. The van der Waals surface area contributed by atoms with Crippen LogP contribution in [0.25, 0.3) is 27.9 Å². The van der Waals surface area contributed by atoms with Gasteiger partial charge in [0.15, 0.2) is 5.82 Å². The molecular weight excluding hydrogens is 683 g/mol. The first-order chi connectivity index (χ1) is 27.2. The molecule has 0 bridgehead atoms. The fourth-order valence-corrected chi connectivity index (χ4v) is 9.38. The number of dihydropyridines is 1. The lowest BCUT2D eigenvalue weighted by molar-refractivity contribution is -0.112. The molecule has 1 saturated heterocycles. The SMILES string of the molecule is O=CNCC1(C2(C3CCCCO3)C=C(c3nn(C(c4ccccc4)(c4ccccc4)c4ccccc4)c4cccc(-c5ncn[nH]5)c34)C=CC2)C=CC=NC1. The van der Waals surface area contributed by atoms with Crippen LogP contribution in [0, 0.1) is 10.8 Å². The summed E-state index contributed by atoms with van der Waals surface area (Å²) in [6, 6.07) is 38.2. The molecule has 6 aromatic rings. The van der Waals surface area contributed by atoms with Crippen molar-refractivity contribution >= 4 is 29.1 Å². The zero-order chi connectivity index (χ0) is 37.1. The molecule has 3 atom stereocenters. The van der Waals surface area contributed by atoms with E-state index in [0.717, 1.165) is 76.5 Å². The molecule has 3 aliphatic rings. The fourth-order valence-electron chi connectivity index (χ4n) is 9.38. The number of nitrogens with zero attached hydrogens (tertiary/aromatic N) is 5. The molecule has 9 rings (SSSR count). The second-order valence-electron chi connectivity index (χ2n) is 14.7. The number of nitrogens with one attached hydrogen (secondary N) is 2. The summed E-state index contributed by atoms with van der Waals surface area (Å²) in [6.45, 7) is 1.66. The standard InChI is InChI=1S/C46H43N7O2/c54-33-48-31-44(25-14-27-47-30-44)45(40-24-10-11-28-55-40)26-13-15-34(29-45)42-41-38(43-49-32-50-51-43)22-12-23-39(41)53(52-42)46(35-16-4-1-5-17-35,36-18-6-2-7-19-36)37-20-8-3-9-21-37/h1-9,12-23,25,27,29,32-33,40H,10-11,24,26,28,30-31H2,(H,48,54)(H,49,50,51). The van der Waals surface area contributed by atoms with Gasteiger partial charge in [-0.2, -0.15) is 10.2 Å². The van der Waals surface area contributed by atoms with Gasteiger partial charge < -0.3 is 10.1 Å². The molecule has 4 heterocycles. The highest BCUT2D eigenvalue weighted by Gasteiger charge is 2.55. The van der Waals surface area contributed by atoms with E-state index in [1.54, 1.807) is 6.33 Å². The summed E-state index contributed by atoms with van der Waals surface area (Å²) in [7, 11) is 0. The highest BCUT2D eigenvalue weighted by atomic mass is 16.5. The van der Waals surface area contributed by atoms with Gasteiger partial charge in [0.25, 0.3) is 0 Å². The Balaban J connectivity index is 1.38. The highest BCUT2D eigenvalue weighted by Crippen LogP contribution is 2.55. The van der Waals surface area contributed by atoms with E-state index in [0.29, 0.717) is 25.5 Å². The Labute approximate surface area is 320 Å². The number of hydrogen-bond donors (Lipinski definition) is 2. The van der Waals surface area contributed by atoms with Gasteiger partial charge >= 0.3 is 0 Å². The molecule has 4 aromatic carbocycles. The van der Waals surface area contributed by atoms with Gasteiger partial charge in [0.05, 0.1) is 18.2 Å². The number of allylic oxidation sites excluding steroid dienone is 4. The highest BCUT2D eigenvalue weighted by molar-refractivity contribution is 6.02. The number of carbonyl (C=O) groups is 1. The molecule has 9 heteroatoms. The molecule has 0 saturated carbocycles. The first-order valence-electron chi connectivity index (χ1n) is 19.1. The van der Waals surface area contributed by atoms with Crippen molar-refractivity contribution in [2.45, 2.75) is 37.3 Å².